The first-order valence-corrected chi connectivity index (χ1v) is 5.93. The second kappa shape index (κ2) is 6.00. The zero-order valence-electron chi connectivity index (χ0n) is 10.9. The van der Waals surface area contributed by atoms with Gasteiger partial charge in [0.2, 0.25) is 0 Å². The summed E-state index contributed by atoms with van der Waals surface area (Å²) in [6.45, 7) is 2.05. The summed E-state index contributed by atoms with van der Waals surface area (Å²) >= 11 is 0. The highest BCUT2D eigenvalue weighted by atomic mass is 16.5. The van der Waals surface area contributed by atoms with Gasteiger partial charge in [-0.25, -0.2) is 4.79 Å². The number of carbonyl (C=O) groups excluding carboxylic acids is 1. The Hall–Kier alpha value is -2.36. The summed E-state index contributed by atoms with van der Waals surface area (Å²) in [4.78, 5) is 16.2. The predicted octanol–water partition coefficient (Wildman–Crippen LogP) is 2.76. The van der Waals surface area contributed by atoms with Gasteiger partial charge >= 0.3 is 5.97 Å². The van der Waals surface area contributed by atoms with Crippen molar-refractivity contribution in [2.75, 3.05) is 7.11 Å². The molecule has 0 radical (unpaired) electrons. The number of hydrogen-bond acceptors (Lipinski definition) is 4. The Kier molecular flexibility index (Phi) is 4.13. The number of esters is 1. The van der Waals surface area contributed by atoms with Gasteiger partial charge in [0.15, 0.2) is 0 Å². The number of pyridine rings is 1. The van der Waals surface area contributed by atoms with Gasteiger partial charge in [0.05, 0.1) is 12.8 Å². The molecule has 0 N–H and O–H groups in total. The van der Waals surface area contributed by atoms with Crippen molar-refractivity contribution in [1.82, 2.24) is 4.98 Å². The third-order valence-corrected chi connectivity index (χ3v) is 2.62. The molecule has 1 heterocycles. The van der Waals surface area contributed by atoms with E-state index in [0.29, 0.717) is 11.3 Å². The third-order valence-electron chi connectivity index (χ3n) is 2.62. The molecule has 1 aromatic heterocycles. The van der Waals surface area contributed by atoms with Crippen molar-refractivity contribution in [1.29, 1.82) is 0 Å². The average Bonchev–Trinajstić information content (AvgIpc) is 2.45. The lowest BCUT2D eigenvalue weighted by molar-refractivity contribution is 0.0464. The second-order valence-corrected chi connectivity index (χ2v) is 4.05. The maximum absolute atomic E-state index is 12.0. The molecule has 0 aliphatic carbocycles. The van der Waals surface area contributed by atoms with Crippen LogP contribution in [0.3, 0.4) is 0 Å². The van der Waals surface area contributed by atoms with Crippen LogP contribution in [0.5, 0.6) is 5.75 Å². The van der Waals surface area contributed by atoms with Gasteiger partial charge in [0.25, 0.3) is 0 Å². The molecule has 0 fully saturated rings. The summed E-state index contributed by atoms with van der Waals surface area (Å²) in [7, 11) is 1.52. The highest BCUT2D eigenvalue weighted by molar-refractivity contribution is 5.92. The molecule has 0 spiro atoms. The van der Waals surface area contributed by atoms with E-state index in [4.69, 9.17) is 9.47 Å². The fraction of sp³-hybridized carbons (Fsp3) is 0.200. The lowest BCUT2D eigenvalue weighted by Gasteiger charge is -2.08. The van der Waals surface area contributed by atoms with Crippen molar-refractivity contribution >= 4 is 5.97 Å². The number of para-hydroxylation sites is 1. The van der Waals surface area contributed by atoms with Crippen molar-refractivity contribution in [2.24, 2.45) is 0 Å². The fourth-order valence-corrected chi connectivity index (χ4v) is 1.71. The number of hydrogen-bond donors (Lipinski definition) is 0. The molecule has 4 nitrogen and oxygen atoms in total. The summed E-state index contributed by atoms with van der Waals surface area (Å²) in [6.07, 6.45) is 0. The molecular weight excluding hydrogens is 242 g/mol. The van der Waals surface area contributed by atoms with E-state index in [1.165, 1.54) is 7.11 Å². The van der Waals surface area contributed by atoms with Crippen LogP contribution in [0.25, 0.3) is 0 Å². The van der Waals surface area contributed by atoms with Crippen LogP contribution in [0.15, 0.2) is 42.5 Å². The quantitative estimate of drug-likeness (QED) is 0.790. The third kappa shape index (κ3) is 3.31. The Morgan fingerprint density at radius 2 is 1.95 bits per heavy atom. The molecule has 98 valence electrons. The Labute approximate surface area is 112 Å². The smallest absolute Gasteiger partial charge is 0.342 e. The summed E-state index contributed by atoms with van der Waals surface area (Å²) in [5.74, 6) is 0.0884. The van der Waals surface area contributed by atoms with Gasteiger partial charge < -0.3 is 9.47 Å². The highest BCUT2D eigenvalue weighted by Gasteiger charge is 2.13. The standard InChI is InChI=1S/C15H15NO3/c1-11-6-5-7-12(16-11)10-19-15(17)13-8-3-4-9-14(13)18-2/h3-9H,10H2,1-2H3. The predicted molar refractivity (Wildman–Crippen MR) is 71.1 cm³/mol. The minimum absolute atomic E-state index is 0.151. The van der Waals surface area contributed by atoms with Crippen molar-refractivity contribution < 1.29 is 14.3 Å². The summed E-state index contributed by atoms with van der Waals surface area (Å²) in [6, 6.07) is 12.6. The van der Waals surface area contributed by atoms with Crippen molar-refractivity contribution in [2.45, 2.75) is 13.5 Å². The van der Waals surface area contributed by atoms with Gasteiger partial charge in [-0.15, -0.1) is 0 Å². The van der Waals surface area contributed by atoms with Crippen LogP contribution in [-0.2, 0) is 11.3 Å². The van der Waals surface area contributed by atoms with Crippen molar-refractivity contribution in [3.63, 3.8) is 0 Å². The van der Waals surface area contributed by atoms with E-state index in [1.807, 2.05) is 25.1 Å². The summed E-state index contributed by atoms with van der Waals surface area (Å²) in [5.41, 5.74) is 2.03. The van der Waals surface area contributed by atoms with E-state index in [1.54, 1.807) is 24.3 Å². The summed E-state index contributed by atoms with van der Waals surface area (Å²) in [5, 5.41) is 0. The van der Waals surface area contributed by atoms with Gasteiger partial charge in [-0.05, 0) is 31.2 Å². The van der Waals surface area contributed by atoms with E-state index in [0.717, 1.165) is 11.4 Å². The number of carbonyl (C=O) groups is 1. The van der Waals surface area contributed by atoms with Crippen LogP contribution in [0.4, 0.5) is 0 Å². The van der Waals surface area contributed by atoms with Crippen molar-refractivity contribution in [3.05, 3.63) is 59.4 Å². The van der Waals surface area contributed by atoms with E-state index in [2.05, 4.69) is 4.98 Å². The number of aromatic nitrogens is 1. The molecule has 1 aromatic carbocycles. The molecule has 0 atom stereocenters. The average molecular weight is 257 g/mol. The molecule has 0 amide bonds. The number of nitrogens with zero attached hydrogens (tertiary/aromatic N) is 1. The first kappa shape index (κ1) is 13.1. The molecule has 2 rings (SSSR count). The van der Waals surface area contributed by atoms with Crippen LogP contribution in [0.1, 0.15) is 21.7 Å². The minimum atomic E-state index is -0.416. The van der Waals surface area contributed by atoms with Crippen LogP contribution in [-0.4, -0.2) is 18.1 Å². The monoisotopic (exact) mass is 257 g/mol. The lowest BCUT2D eigenvalue weighted by atomic mass is 10.2. The van der Waals surface area contributed by atoms with Crippen LogP contribution in [0.2, 0.25) is 0 Å². The van der Waals surface area contributed by atoms with E-state index >= 15 is 0 Å². The second-order valence-electron chi connectivity index (χ2n) is 4.05. The molecule has 19 heavy (non-hydrogen) atoms. The van der Waals surface area contributed by atoms with E-state index < -0.39 is 5.97 Å². The molecule has 0 unspecified atom stereocenters. The van der Waals surface area contributed by atoms with Crippen LogP contribution in [0, 0.1) is 6.92 Å². The summed E-state index contributed by atoms with van der Waals surface area (Å²) < 4.78 is 10.4. The van der Waals surface area contributed by atoms with Gasteiger partial charge in [-0.3, -0.25) is 4.98 Å². The molecule has 0 saturated heterocycles. The number of ether oxygens (including phenoxy) is 2. The highest BCUT2D eigenvalue weighted by Crippen LogP contribution is 2.18. The van der Waals surface area contributed by atoms with Gasteiger partial charge in [-0.1, -0.05) is 18.2 Å². The Morgan fingerprint density at radius 1 is 1.16 bits per heavy atom. The zero-order chi connectivity index (χ0) is 13.7. The van der Waals surface area contributed by atoms with E-state index in [-0.39, 0.29) is 6.61 Å². The first-order valence-electron chi connectivity index (χ1n) is 5.93. The SMILES string of the molecule is COc1ccccc1C(=O)OCc1cccc(C)n1. The van der Waals surface area contributed by atoms with Gasteiger partial charge in [-0.2, -0.15) is 0 Å². The number of rotatable bonds is 4. The van der Waals surface area contributed by atoms with E-state index in [9.17, 15) is 4.79 Å². The molecule has 0 saturated carbocycles. The topological polar surface area (TPSA) is 48.4 Å². The van der Waals surface area contributed by atoms with Gasteiger partial charge in [0, 0.05) is 5.69 Å². The molecule has 2 aromatic rings. The normalized spacial score (nSPS) is 10.0. The molecule has 0 aliphatic rings. The maximum Gasteiger partial charge on any atom is 0.342 e. The molecular formula is C15H15NO3. The molecule has 0 aliphatic heterocycles. The van der Waals surface area contributed by atoms with Crippen LogP contribution >= 0.6 is 0 Å². The van der Waals surface area contributed by atoms with Gasteiger partial charge in [0.1, 0.15) is 17.9 Å². The Balaban J connectivity index is 2.05. The Morgan fingerprint density at radius 3 is 2.68 bits per heavy atom. The maximum atomic E-state index is 12.0. The fourth-order valence-electron chi connectivity index (χ4n) is 1.71. The minimum Gasteiger partial charge on any atom is -0.496 e. The van der Waals surface area contributed by atoms with Crippen molar-refractivity contribution in [3.8, 4) is 5.75 Å². The first-order chi connectivity index (χ1) is 9.20. The largest absolute Gasteiger partial charge is 0.496 e. The lowest BCUT2D eigenvalue weighted by Crippen LogP contribution is -2.08. The number of aryl methyl sites for hydroxylation is 1. The number of methoxy groups -OCH3 is 1. The van der Waals surface area contributed by atoms with Crippen LogP contribution < -0.4 is 4.74 Å². The molecule has 4 heteroatoms. The zero-order valence-corrected chi connectivity index (χ0v) is 10.9. The Bertz CT molecular complexity index is 581. The number of benzene rings is 1. The molecule has 0 bridgehead atoms.